The molecule has 150 valence electrons. The number of carbonyl (C=O) groups is 2. The molecule has 0 spiro atoms. The molecule has 0 amide bonds. The second-order valence-electron chi connectivity index (χ2n) is 6.63. The highest BCUT2D eigenvalue weighted by molar-refractivity contribution is 6.05. The van der Waals surface area contributed by atoms with Gasteiger partial charge in [0.1, 0.15) is 12.4 Å². The van der Waals surface area contributed by atoms with E-state index in [1.54, 1.807) is 6.08 Å². The molecule has 3 heterocycles. The normalized spacial score (nSPS) is 17.9. The number of carbonyl (C=O) groups excluding carboxylic acids is 2. The van der Waals surface area contributed by atoms with Crippen molar-refractivity contribution < 1.29 is 23.8 Å². The van der Waals surface area contributed by atoms with E-state index in [0.717, 1.165) is 16.3 Å². The van der Waals surface area contributed by atoms with Crippen LogP contribution in [0.3, 0.4) is 0 Å². The van der Waals surface area contributed by atoms with E-state index < -0.39 is 23.6 Å². The van der Waals surface area contributed by atoms with Crippen molar-refractivity contribution in [3.8, 4) is 5.88 Å². The maximum atomic E-state index is 12.3. The molecule has 0 saturated carbocycles. The minimum absolute atomic E-state index is 0.0386. The lowest BCUT2D eigenvalue weighted by atomic mass is 9.97. The van der Waals surface area contributed by atoms with Gasteiger partial charge in [-0.1, -0.05) is 18.7 Å². The second-order valence-corrected chi connectivity index (χ2v) is 6.63. The number of fused-ring (bicyclic) bond motifs is 3. The summed E-state index contributed by atoms with van der Waals surface area (Å²) >= 11 is 0. The van der Waals surface area contributed by atoms with Gasteiger partial charge in [-0.2, -0.15) is 4.52 Å². The molecule has 2 aromatic heterocycles. The summed E-state index contributed by atoms with van der Waals surface area (Å²) in [6.07, 6.45) is 2.71. The largest absolute Gasteiger partial charge is 0.471 e. The summed E-state index contributed by atoms with van der Waals surface area (Å²) in [5.41, 5.74) is -0.140. The second kappa shape index (κ2) is 7.13. The lowest BCUT2D eigenvalue weighted by molar-refractivity contribution is -0.162. The van der Waals surface area contributed by atoms with E-state index in [-0.39, 0.29) is 13.0 Å². The van der Waals surface area contributed by atoms with Crippen molar-refractivity contribution >= 4 is 34.4 Å². The number of nitrogens with one attached hydrogen (secondary N) is 1. The third-order valence-electron chi connectivity index (χ3n) is 4.99. The van der Waals surface area contributed by atoms with E-state index in [0.29, 0.717) is 11.5 Å². The first-order valence-corrected chi connectivity index (χ1v) is 8.87. The zero-order valence-corrected chi connectivity index (χ0v) is 15.9. The van der Waals surface area contributed by atoms with Gasteiger partial charge in [0.25, 0.3) is 0 Å². The van der Waals surface area contributed by atoms with Gasteiger partial charge < -0.3 is 14.2 Å². The molecular formula is C19H19N5O5. The maximum Gasteiger partial charge on any atom is 0.337 e. The molecular weight excluding hydrogens is 378 g/mol. The third kappa shape index (κ3) is 2.97. The van der Waals surface area contributed by atoms with Crippen molar-refractivity contribution in [2.75, 3.05) is 20.8 Å². The zero-order chi connectivity index (χ0) is 20.6. The van der Waals surface area contributed by atoms with Gasteiger partial charge in [-0.05, 0) is 17.7 Å². The van der Waals surface area contributed by atoms with Gasteiger partial charge >= 0.3 is 11.9 Å². The van der Waals surface area contributed by atoms with E-state index in [9.17, 15) is 9.59 Å². The van der Waals surface area contributed by atoms with Crippen LogP contribution >= 0.6 is 0 Å². The lowest BCUT2D eigenvalue weighted by Gasteiger charge is -2.23. The third-order valence-corrected chi connectivity index (χ3v) is 4.99. The molecule has 10 nitrogen and oxygen atoms in total. The zero-order valence-electron chi connectivity index (χ0n) is 15.9. The molecule has 1 aliphatic rings. The van der Waals surface area contributed by atoms with Crippen LogP contribution in [0.4, 0.5) is 0 Å². The Morgan fingerprint density at radius 1 is 1.28 bits per heavy atom. The minimum atomic E-state index is -1.61. The summed E-state index contributed by atoms with van der Waals surface area (Å²) in [4.78, 5) is 24.6. The van der Waals surface area contributed by atoms with Crippen molar-refractivity contribution in [1.82, 2.24) is 25.1 Å². The Morgan fingerprint density at radius 2 is 2.03 bits per heavy atom. The van der Waals surface area contributed by atoms with Crippen LogP contribution in [0.5, 0.6) is 5.88 Å². The van der Waals surface area contributed by atoms with E-state index in [1.807, 2.05) is 18.2 Å². The van der Waals surface area contributed by atoms with E-state index in [1.165, 1.54) is 25.1 Å². The predicted molar refractivity (Wildman–Crippen MR) is 102 cm³/mol. The average molecular weight is 397 g/mol. The lowest BCUT2D eigenvalue weighted by Crippen LogP contribution is -2.55. The molecule has 1 unspecified atom stereocenters. The van der Waals surface area contributed by atoms with E-state index in [4.69, 9.17) is 14.2 Å². The molecule has 3 aromatic rings. The Hall–Kier alpha value is -3.53. The fourth-order valence-corrected chi connectivity index (χ4v) is 3.54. The monoisotopic (exact) mass is 397 g/mol. The maximum absolute atomic E-state index is 12.3. The summed E-state index contributed by atoms with van der Waals surface area (Å²) in [7, 11) is 2.43. The van der Waals surface area contributed by atoms with Gasteiger partial charge in [0.2, 0.25) is 11.4 Å². The molecule has 0 aliphatic carbocycles. The number of esters is 2. The standard InChI is InChI=1S/C19H19N5O5/c1-4-11-5-6-13-14(7-11)16(23-24-10-21-22-15(13)24)29-12-8-19(20-9-12,17(25)27-2)18(26)28-3/h4-7,10,12,20H,1,8-9H2,2-3H3. The van der Waals surface area contributed by atoms with Crippen LogP contribution in [-0.4, -0.2) is 64.2 Å². The molecule has 0 bridgehead atoms. The summed E-state index contributed by atoms with van der Waals surface area (Å²) in [5.74, 6) is -1.12. The SMILES string of the molecule is C=Cc1ccc2c(c1)c(OC1CNC(C(=O)OC)(C(=O)OC)C1)nn1cnnc21. The van der Waals surface area contributed by atoms with Gasteiger partial charge in [0, 0.05) is 23.7 Å². The first-order chi connectivity index (χ1) is 14.0. The molecule has 1 N–H and O–H groups in total. The minimum Gasteiger partial charge on any atom is -0.471 e. The topological polar surface area (TPSA) is 117 Å². The van der Waals surface area contributed by atoms with Crippen LogP contribution in [0.1, 0.15) is 12.0 Å². The smallest absolute Gasteiger partial charge is 0.337 e. The molecule has 4 rings (SSSR count). The highest BCUT2D eigenvalue weighted by Gasteiger charge is 2.54. The highest BCUT2D eigenvalue weighted by Crippen LogP contribution is 2.31. The molecule has 0 radical (unpaired) electrons. The predicted octanol–water partition coefficient (Wildman–Crippen LogP) is 0.746. The molecule has 1 saturated heterocycles. The first kappa shape index (κ1) is 18.8. The number of benzene rings is 1. The molecule has 1 atom stereocenters. The summed E-state index contributed by atoms with van der Waals surface area (Å²) in [6, 6.07) is 5.69. The summed E-state index contributed by atoms with van der Waals surface area (Å²) < 4.78 is 17.2. The van der Waals surface area contributed by atoms with Crippen molar-refractivity contribution in [1.29, 1.82) is 0 Å². The molecule has 1 fully saturated rings. The van der Waals surface area contributed by atoms with Crippen LogP contribution in [0, 0.1) is 0 Å². The molecule has 1 aliphatic heterocycles. The number of methoxy groups -OCH3 is 2. The van der Waals surface area contributed by atoms with Gasteiger partial charge in [-0.15, -0.1) is 15.3 Å². The number of hydrogen-bond donors (Lipinski definition) is 1. The fourth-order valence-electron chi connectivity index (χ4n) is 3.54. The highest BCUT2D eigenvalue weighted by atomic mass is 16.6. The van der Waals surface area contributed by atoms with Gasteiger partial charge in [0.05, 0.1) is 14.2 Å². The fraction of sp³-hybridized carbons (Fsp3) is 0.316. The van der Waals surface area contributed by atoms with Crippen LogP contribution in [0.25, 0.3) is 22.5 Å². The Kier molecular flexibility index (Phi) is 4.63. The Labute approximate surface area is 165 Å². The molecule has 29 heavy (non-hydrogen) atoms. The number of ether oxygens (including phenoxy) is 3. The molecule has 1 aromatic carbocycles. The number of rotatable bonds is 5. The summed E-state index contributed by atoms with van der Waals surface area (Å²) in [6.45, 7) is 4.02. The average Bonchev–Trinajstić information content (AvgIpc) is 3.40. The van der Waals surface area contributed by atoms with Crippen LogP contribution < -0.4 is 10.1 Å². The van der Waals surface area contributed by atoms with Crippen molar-refractivity contribution in [2.45, 2.75) is 18.1 Å². The van der Waals surface area contributed by atoms with Crippen LogP contribution in [0.2, 0.25) is 0 Å². The van der Waals surface area contributed by atoms with Crippen molar-refractivity contribution in [3.05, 3.63) is 36.7 Å². The Bertz CT molecular complexity index is 1110. The van der Waals surface area contributed by atoms with E-state index in [2.05, 4.69) is 27.2 Å². The van der Waals surface area contributed by atoms with Crippen LogP contribution in [0.15, 0.2) is 31.1 Å². The van der Waals surface area contributed by atoms with Crippen molar-refractivity contribution in [2.24, 2.45) is 0 Å². The first-order valence-electron chi connectivity index (χ1n) is 8.87. The Morgan fingerprint density at radius 3 is 2.72 bits per heavy atom. The van der Waals surface area contributed by atoms with Gasteiger partial charge in [0.15, 0.2) is 5.65 Å². The number of aromatic nitrogens is 4. The van der Waals surface area contributed by atoms with Gasteiger partial charge in [-0.25, -0.2) is 9.59 Å². The summed E-state index contributed by atoms with van der Waals surface area (Å²) in [5, 5.41) is 16.9. The van der Waals surface area contributed by atoms with Gasteiger partial charge in [-0.3, -0.25) is 5.32 Å². The number of hydrogen-bond acceptors (Lipinski definition) is 9. The van der Waals surface area contributed by atoms with E-state index >= 15 is 0 Å². The van der Waals surface area contributed by atoms with Crippen molar-refractivity contribution in [3.63, 3.8) is 0 Å². The Balaban J connectivity index is 1.73. The molecule has 10 heteroatoms. The number of nitrogens with zero attached hydrogens (tertiary/aromatic N) is 4. The quantitative estimate of drug-likeness (QED) is 0.491. The van der Waals surface area contributed by atoms with Crippen LogP contribution in [-0.2, 0) is 19.1 Å².